The van der Waals surface area contributed by atoms with E-state index in [0.717, 1.165) is 10.5 Å². The van der Waals surface area contributed by atoms with Crippen LogP contribution in [0, 0.1) is 6.92 Å². The SMILES string of the molecule is Cc1ccc(S(=O)(=O)OCCOCCOCCCc2cccc3c2C(=O)N(C2CCC(=O)NC2=O)C3=O)cc1. The van der Waals surface area contributed by atoms with E-state index >= 15 is 0 Å². The maximum atomic E-state index is 13.1. The van der Waals surface area contributed by atoms with Gasteiger partial charge in [-0.25, -0.2) is 0 Å². The smallest absolute Gasteiger partial charge is 0.297 e. The summed E-state index contributed by atoms with van der Waals surface area (Å²) in [5, 5.41) is 2.19. The first-order valence-electron chi connectivity index (χ1n) is 12.6. The molecule has 2 aliphatic rings. The van der Waals surface area contributed by atoms with Gasteiger partial charge in [-0.15, -0.1) is 0 Å². The Balaban J connectivity index is 1.16. The highest BCUT2D eigenvalue weighted by Crippen LogP contribution is 2.30. The van der Waals surface area contributed by atoms with E-state index in [-0.39, 0.29) is 55.3 Å². The molecule has 2 aromatic carbocycles. The Morgan fingerprint density at radius 1 is 0.897 bits per heavy atom. The van der Waals surface area contributed by atoms with Crippen molar-refractivity contribution in [2.75, 3.05) is 33.0 Å². The Bertz CT molecular complexity index is 1360. The number of fused-ring (bicyclic) bond motifs is 1. The number of carbonyl (C=O) groups excluding carboxylic acids is 4. The molecule has 12 heteroatoms. The number of nitrogens with zero attached hydrogens (tertiary/aromatic N) is 1. The van der Waals surface area contributed by atoms with E-state index in [1.807, 2.05) is 6.92 Å². The fourth-order valence-electron chi connectivity index (χ4n) is 4.46. The summed E-state index contributed by atoms with van der Waals surface area (Å²) >= 11 is 0. The zero-order valence-electron chi connectivity index (χ0n) is 21.5. The number of rotatable bonds is 13. The molecular formula is C27H30N2O9S. The minimum absolute atomic E-state index is 0.0667. The Hall–Kier alpha value is -3.45. The van der Waals surface area contributed by atoms with Crippen molar-refractivity contribution in [1.82, 2.24) is 10.2 Å². The van der Waals surface area contributed by atoms with Crippen LogP contribution in [0.3, 0.4) is 0 Å². The highest BCUT2D eigenvalue weighted by Gasteiger charge is 2.45. The number of hydrogen-bond donors (Lipinski definition) is 1. The van der Waals surface area contributed by atoms with Gasteiger partial charge < -0.3 is 9.47 Å². The van der Waals surface area contributed by atoms with Crippen LogP contribution >= 0.6 is 0 Å². The maximum Gasteiger partial charge on any atom is 0.297 e. The number of amides is 4. The summed E-state index contributed by atoms with van der Waals surface area (Å²) in [5.74, 6) is -2.12. The number of imide groups is 2. The molecule has 1 saturated heterocycles. The van der Waals surface area contributed by atoms with E-state index in [0.29, 0.717) is 25.0 Å². The Morgan fingerprint density at radius 3 is 2.31 bits per heavy atom. The topological polar surface area (TPSA) is 145 Å². The van der Waals surface area contributed by atoms with Crippen molar-refractivity contribution < 1.29 is 41.3 Å². The van der Waals surface area contributed by atoms with E-state index in [4.69, 9.17) is 13.7 Å². The lowest BCUT2D eigenvalue weighted by Gasteiger charge is -2.27. The van der Waals surface area contributed by atoms with Gasteiger partial charge in [-0.3, -0.25) is 33.6 Å². The molecule has 39 heavy (non-hydrogen) atoms. The number of piperidine rings is 1. The molecule has 0 saturated carbocycles. The number of benzene rings is 2. The molecule has 2 aromatic rings. The molecule has 1 N–H and O–H groups in total. The molecule has 0 radical (unpaired) electrons. The lowest BCUT2D eigenvalue weighted by Crippen LogP contribution is -2.54. The van der Waals surface area contributed by atoms with Gasteiger partial charge in [-0.2, -0.15) is 8.42 Å². The zero-order chi connectivity index (χ0) is 28.0. The number of nitrogens with one attached hydrogen (secondary N) is 1. The summed E-state index contributed by atoms with van der Waals surface area (Å²) < 4.78 is 40.2. The third kappa shape index (κ3) is 6.77. The molecule has 4 rings (SSSR count). The molecule has 208 valence electrons. The number of carbonyl (C=O) groups is 4. The summed E-state index contributed by atoms with van der Waals surface area (Å²) in [6.07, 6.45) is 1.23. The van der Waals surface area contributed by atoms with E-state index in [9.17, 15) is 27.6 Å². The minimum atomic E-state index is -3.83. The second-order valence-electron chi connectivity index (χ2n) is 9.20. The summed E-state index contributed by atoms with van der Waals surface area (Å²) in [5.41, 5.74) is 2.18. The van der Waals surface area contributed by atoms with Gasteiger partial charge in [0.25, 0.3) is 21.9 Å². The van der Waals surface area contributed by atoms with Crippen LogP contribution in [0.1, 0.15) is 51.1 Å². The quantitative estimate of drug-likeness (QED) is 0.221. The molecule has 0 aliphatic carbocycles. The van der Waals surface area contributed by atoms with Gasteiger partial charge in [-0.1, -0.05) is 29.8 Å². The molecule has 4 amide bonds. The van der Waals surface area contributed by atoms with Crippen molar-refractivity contribution in [2.45, 2.75) is 43.5 Å². The van der Waals surface area contributed by atoms with Crippen LogP contribution in [-0.2, 0) is 39.8 Å². The lowest BCUT2D eigenvalue weighted by atomic mass is 9.99. The van der Waals surface area contributed by atoms with E-state index in [1.165, 1.54) is 12.1 Å². The predicted molar refractivity (Wildman–Crippen MR) is 137 cm³/mol. The first-order valence-corrected chi connectivity index (χ1v) is 14.0. The van der Waals surface area contributed by atoms with Crippen LogP contribution in [0.25, 0.3) is 0 Å². The van der Waals surface area contributed by atoms with Gasteiger partial charge in [-0.05, 0) is 49.9 Å². The van der Waals surface area contributed by atoms with E-state index in [2.05, 4.69) is 5.32 Å². The summed E-state index contributed by atoms with van der Waals surface area (Å²) in [7, 11) is -3.83. The van der Waals surface area contributed by atoms with Gasteiger partial charge in [0.2, 0.25) is 11.8 Å². The van der Waals surface area contributed by atoms with Crippen molar-refractivity contribution in [2.24, 2.45) is 0 Å². The van der Waals surface area contributed by atoms with Crippen molar-refractivity contribution in [1.29, 1.82) is 0 Å². The van der Waals surface area contributed by atoms with Crippen LogP contribution in [0.2, 0.25) is 0 Å². The molecule has 11 nitrogen and oxygen atoms in total. The number of hydrogen-bond acceptors (Lipinski definition) is 9. The summed E-state index contributed by atoms with van der Waals surface area (Å²) in [4.78, 5) is 50.8. The second-order valence-corrected chi connectivity index (χ2v) is 10.8. The predicted octanol–water partition coefficient (Wildman–Crippen LogP) is 1.77. The molecular weight excluding hydrogens is 528 g/mol. The number of aryl methyl sites for hydroxylation is 2. The van der Waals surface area contributed by atoms with Gasteiger partial charge in [0, 0.05) is 13.0 Å². The number of ether oxygens (including phenoxy) is 2. The Kier molecular flexibility index (Phi) is 9.23. The first kappa shape index (κ1) is 28.6. The van der Waals surface area contributed by atoms with Crippen molar-refractivity contribution >= 4 is 33.7 Å². The maximum absolute atomic E-state index is 13.1. The molecule has 2 aliphatic heterocycles. The first-order chi connectivity index (χ1) is 18.7. The van der Waals surface area contributed by atoms with Crippen molar-refractivity contribution in [3.8, 4) is 0 Å². The minimum Gasteiger partial charge on any atom is -0.379 e. The average Bonchev–Trinajstić information content (AvgIpc) is 3.15. The lowest BCUT2D eigenvalue weighted by molar-refractivity contribution is -0.136. The van der Waals surface area contributed by atoms with E-state index < -0.39 is 39.8 Å². The third-order valence-electron chi connectivity index (χ3n) is 6.44. The molecule has 0 spiro atoms. The zero-order valence-corrected chi connectivity index (χ0v) is 22.3. The van der Waals surface area contributed by atoms with Gasteiger partial charge in [0.15, 0.2) is 0 Å². The highest BCUT2D eigenvalue weighted by molar-refractivity contribution is 7.86. The summed E-state index contributed by atoms with van der Waals surface area (Å²) in [6, 6.07) is 10.4. The fraction of sp³-hybridized carbons (Fsp3) is 0.407. The standard InChI is InChI=1S/C27H30N2O9S/c1-18-7-9-20(10-8-18)39(34,35)38-17-16-37-15-14-36-13-3-5-19-4-2-6-21-24(19)27(33)29(26(21)32)22-11-12-23(30)28-25(22)31/h2,4,6-10,22H,3,5,11-17H2,1H3,(H,28,30,31). The van der Waals surface area contributed by atoms with Crippen LogP contribution < -0.4 is 5.32 Å². The average molecular weight is 559 g/mol. The fourth-order valence-corrected chi connectivity index (χ4v) is 5.35. The molecule has 1 unspecified atom stereocenters. The molecule has 1 atom stereocenters. The van der Waals surface area contributed by atoms with Crippen LogP contribution in [0.5, 0.6) is 0 Å². The monoisotopic (exact) mass is 558 g/mol. The van der Waals surface area contributed by atoms with Gasteiger partial charge in [0.05, 0.1) is 42.4 Å². The van der Waals surface area contributed by atoms with Crippen LogP contribution in [0.4, 0.5) is 0 Å². The van der Waals surface area contributed by atoms with Gasteiger partial charge in [0.1, 0.15) is 6.04 Å². The van der Waals surface area contributed by atoms with Crippen molar-refractivity contribution in [3.63, 3.8) is 0 Å². The molecule has 2 heterocycles. The third-order valence-corrected chi connectivity index (χ3v) is 7.76. The molecule has 0 bridgehead atoms. The van der Waals surface area contributed by atoms with Crippen molar-refractivity contribution in [3.05, 3.63) is 64.7 Å². The highest BCUT2D eigenvalue weighted by atomic mass is 32.2. The van der Waals surface area contributed by atoms with E-state index in [1.54, 1.807) is 30.3 Å². The van der Waals surface area contributed by atoms with Gasteiger partial charge >= 0.3 is 0 Å². The molecule has 0 aromatic heterocycles. The normalized spacial score (nSPS) is 17.5. The second kappa shape index (κ2) is 12.6. The van der Waals surface area contributed by atoms with Crippen LogP contribution in [0.15, 0.2) is 47.4 Å². The largest absolute Gasteiger partial charge is 0.379 e. The van der Waals surface area contributed by atoms with Crippen LogP contribution in [-0.4, -0.2) is 76.0 Å². The Labute approximate surface area is 226 Å². The molecule has 1 fully saturated rings. The Morgan fingerprint density at radius 2 is 1.59 bits per heavy atom. The summed E-state index contributed by atoms with van der Waals surface area (Å²) in [6.45, 7) is 2.76.